The van der Waals surface area contributed by atoms with Gasteiger partial charge in [0.05, 0.1) is 18.8 Å². The van der Waals surface area contributed by atoms with Crippen molar-refractivity contribution in [1.29, 1.82) is 0 Å². The molecule has 0 aromatic heterocycles. The normalized spacial score (nSPS) is 16.2. The third-order valence-corrected chi connectivity index (χ3v) is 4.80. The Morgan fingerprint density at radius 1 is 0.966 bits per heavy atom. The summed E-state index contributed by atoms with van der Waals surface area (Å²) in [4.78, 5) is 12.5. The molecule has 0 fully saturated rings. The number of phenols is 1. The van der Waals surface area contributed by atoms with E-state index in [4.69, 9.17) is 4.74 Å². The number of rotatable bonds is 4. The summed E-state index contributed by atoms with van der Waals surface area (Å²) in [7, 11) is 1.28. The Bertz CT molecular complexity index is 1060. The quantitative estimate of drug-likeness (QED) is 0.616. The zero-order valence-electron chi connectivity index (χ0n) is 15.6. The van der Waals surface area contributed by atoms with Crippen LogP contribution in [0.25, 0.3) is 11.3 Å². The number of ether oxygens (including phenoxy) is 1. The van der Waals surface area contributed by atoms with Crippen LogP contribution >= 0.6 is 0 Å². The first-order valence-electron chi connectivity index (χ1n) is 9.07. The Labute approximate surface area is 167 Å². The minimum atomic E-state index is -0.705. The molecular weight excluding hydrogens is 371 g/mol. The largest absolute Gasteiger partial charge is 0.504 e. The lowest BCUT2D eigenvalue weighted by Gasteiger charge is -2.31. The van der Waals surface area contributed by atoms with E-state index < -0.39 is 17.9 Å². The van der Waals surface area contributed by atoms with E-state index in [1.54, 1.807) is 0 Å². The molecule has 0 aliphatic carbocycles. The number of carbonyl (C=O) groups is 1. The van der Waals surface area contributed by atoms with E-state index in [0.29, 0.717) is 11.3 Å². The van der Waals surface area contributed by atoms with Crippen molar-refractivity contribution >= 4 is 17.3 Å². The maximum atomic E-state index is 14.5. The smallest absolute Gasteiger partial charge is 0.320 e. The van der Waals surface area contributed by atoms with Crippen molar-refractivity contribution in [2.45, 2.75) is 6.04 Å². The molecule has 3 aromatic rings. The number of carbonyl (C=O) groups excluding carboxylic acids is 1. The predicted octanol–water partition coefficient (Wildman–Crippen LogP) is 4.46. The van der Waals surface area contributed by atoms with E-state index in [1.807, 2.05) is 60.7 Å². The molecule has 0 saturated heterocycles. The number of hydrogen-bond acceptors (Lipinski definition) is 3. The van der Waals surface area contributed by atoms with E-state index in [9.17, 15) is 14.3 Å². The highest BCUT2D eigenvalue weighted by Crippen LogP contribution is 2.41. The molecule has 3 aromatic carbocycles. The molecule has 4 rings (SSSR count). The highest BCUT2D eigenvalue weighted by atomic mass is 19.1. The summed E-state index contributed by atoms with van der Waals surface area (Å²) in [6.45, 7) is 0. The van der Waals surface area contributed by atoms with Gasteiger partial charge in [0.15, 0.2) is 17.3 Å². The zero-order valence-corrected chi connectivity index (χ0v) is 15.6. The van der Waals surface area contributed by atoms with Crippen molar-refractivity contribution < 1.29 is 19.0 Å². The first-order chi connectivity index (χ1) is 14.1. The second kappa shape index (κ2) is 7.67. The van der Waals surface area contributed by atoms with Crippen LogP contribution in [0.3, 0.4) is 0 Å². The van der Waals surface area contributed by atoms with Crippen LogP contribution in [0.2, 0.25) is 0 Å². The summed E-state index contributed by atoms with van der Waals surface area (Å²) in [5.74, 6) is -1.27. The van der Waals surface area contributed by atoms with E-state index in [1.165, 1.54) is 19.2 Å². The number of methoxy groups -OCH3 is 1. The van der Waals surface area contributed by atoms with Gasteiger partial charge in [-0.05, 0) is 28.8 Å². The molecule has 6 heteroatoms. The molecule has 1 aliphatic rings. The number of halogens is 1. The van der Waals surface area contributed by atoms with Gasteiger partial charge in [0, 0.05) is 5.57 Å². The number of amides is 2. The van der Waals surface area contributed by atoms with Crippen molar-refractivity contribution in [2.24, 2.45) is 0 Å². The van der Waals surface area contributed by atoms with Gasteiger partial charge < -0.3 is 20.5 Å². The summed E-state index contributed by atoms with van der Waals surface area (Å²) in [5.41, 5.74) is 3.48. The predicted molar refractivity (Wildman–Crippen MR) is 109 cm³/mol. The number of urea groups is 1. The minimum Gasteiger partial charge on any atom is -0.504 e. The van der Waals surface area contributed by atoms with Crippen LogP contribution in [0.1, 0.15) is 22.7 Å². The molecule has 5 nitrogen and oxygen atoms in total. The van der Waals surface area contributed by atoms with Gasteiger partial charge in [-0.25, -0.2) is 9.18 Å². The molecule has 0 saturated carbocycles. The van der Waals surface area contributed by atoms with Gasteiger partial charge >= 0.3 is 6.03 Å². The molecule has 0 spiro atoms. The minimum absolute atomic E-state index is 0.234. The standard InChI is InChI=1S/C23H19FN2O3/c1-29-22-17(24)12-16(13-18(22)27)21-19(14-8-4-2-5-9-14)20(25-23(28)26-21)15-10-6-3-7-11-15/h2-13,21,27H,1H3,(H2,25,26,28). The molecule has 0 bridgehead atoms. The Hall–Kier alpha value is -3.80. The first-order valence-corrected chi connectivity index (χ1v) is 9.07. The third kappa shape index (κ3) is 3.52. The third-order valence-electron chi connectivity index (χ3n) is 4.80. The van der Waals surface area contributed by atoms with Crippen LogP contribution in [0.15, 0.2) is 72.8 Å². The summed E-state index contributed by atoms with van der Waals surface area (Å²) >= 11 is 0. The van der Waals surface area contributed by atoms with Crippen molar-refractivity contribution in [3.63, 3.8) is 0 Å². The summed E-state index contributed by atoms with van der Waals surface area (Å²) < 4.78 is 19.4. The van der Waals surface area contributed by atoms with Gasteiger partial charge in [0.25, 0.3) is 0 Å². The highest BCUT2D eigenvalue weighted by molar-refractivity contribution is 6.03. The van der Waals surface area contributed by atoms with E-state index in [0.717, 1.165) is 16.7 Å². The first kappa shape index (κ1) is 18.6. The number of phenolic OH excluding ortho intramolecular Hbond substituents is 1. The van der Waals surface area contributed by atoms with Crippen LogP contribution in [0, 0.1) is 5.82 Å². The molecule has 0 radical (unpaired) electrons. The van der Waals surface area contributed by atoms with Crippen LogP contribution in [0.4, 0.5) is 9.18 Å². The molecular formula is C23H19FN2O3. The van der Waals surface area contributed by atoms with Crippen LogP contribution in [-0.2, 0) is 0 Å². The van der Waals surface area contributed by atoms with E-state index in [2.05, 4.69) is 10.6 Å². The second-order valence-electron chi connectivity index (χ2n) is 6.61. The number of benzene rings is 3. The lowest BCUT2D eigenvalue weighted by atomic mass is 9.87. The maximum Gasteiger partial charge on any atom is 0.320 e. The SMILES string of the molecule is COc1c(O)cc(C2NC(=O)NC(c3ccccc3)=C2c2ccccc2)cc1F. The van der Waals surface area contributed by atoms with Crippen molar-refractivity contribution in [2.75, 3.05) is 7.11 Å². The summed E-state index contributed by atoms with van der Waals surface area (Å²) in [5, 5.41) is 15.9. The van der Waals surface area contributed by atoms with Crippen molar-refractivity contribution in [3.8, 4) is 11.5 Å². The summed E-state index contributed by atoms with van der Waals surface area (Å²) in [6.07, 6.45) is 0. The lowest BCUT2D eigenvalue weighted by Crippen LogP contribution is -2.43. The van der Waals surface area contributed by atoms with Gasteiger partial charge in [0.1, 0.15) is 0 Å². The molecule has 1 unspecified atom stereocenters. The Kier molecular flexibility index (Phi) is 4.91. The summed E-state index contributed by atoms with van der Waals surface area (Å²) in [6, 6.07) is 20.6. The van der Waals surface area contributed by atoms with Gasteiger partial charge in [0.2, 0.25) is 0 Å². The molecule has 1 atom stereocenters. The number of hydrogen-bond donors (Lipinski definition) is 3. The average molecular weight is 390 g/mol. The highest BCUT2D eigenvalue weighted by Gasteiger charge is 2.31. The Morgan fingerprint density at radius 2 is 1.59 bits per heavy atom. The van der Waals surface area contributed by atoms with Gasteiger partial charge in [-0.15, -0.1) is 0 Å². The number of nitrogens with one attached hydrogen (secondary N) is 2. The number of aromatic hydroxyl groups is 1. The molecule has 3 N–H and O–H groups in total. The van der Waals surface area contributed by atoms with E-state index >= 15 is 0 Å². The van der Waals surface area contributed by atoms with E-state index in [-0.39, 0.29) is 11.5 Å². The molecule has 146 valence electrons. The molecule has 1 heterocycles. The fourth-order valence-electron chi connectivity index (χ4n) is 3.54. The van der Waals surface area contributed by atoms with Crippen molar-refractivity contribution in [3.05, 3.63) is 95.3 Å². The van der Waals surface area contributed by atoms with Crippen LogP contribution < -0.4 is 15.4 Å². The fraction of sp³-hybridized carbons (Fsp3) is 0.0870. The van der Waals surface area contributed by atoms with Crippen molar-refractivity contribution in [1.82, 2.24) is 10.6 Å². The Balaban J connectivity index is 1.96. The van der Waals surface area contributed by atoms with Gasteiger partial charge in [-0.2, -0.15) is 0 Å². The topological polar surface area (TPSA) is 70.6 Å². The van der Waals surface area contributed by atoms with Gasteiger partial charge in [-0.3, -0.25) is 0 Å². The Morgan fingerprint density at radius 3 is 2.17 bits per heavy atom. The lowest BCUT2D eigenvalue weighted by molar-refractivity contribution is 0.242. The zero-order chi connectivity index (χ0) is 20.4. The van der Waals surface area contributed by atoms with Crippen LogP contribution in [0.5, 0.6) is 11.5 Å². The fourth-order valence-corrected chi connectivity index (χ4v) is 3.54. The molecule has 1 aliphatic heterocycles. The maximum absolute atomic E-state index is 14.5. The molecule has 2 amide bonds. The molecule has 29 heavy (non-hydrogen) atoms. The monoisotopic (exact) mass is 390 g/mol. The van der Waals surface area contributed by atoms with Crippen LogP contribution in [-0.4, -0.2) is 18.2 Å². The van der Waals surface area contributed by atoms with Gasteiger partial charge in [-0.1, -0.05) is 60.7 Å². The second-order valence-corrected chi connectivity index (χ2v) is 6.61. The average Bonchev–Trinajstić information content (AvgIpc) is 2.74.